The summed E-state index contributed by atoms with van der Waals surface area (Å²) < 4.78 is 65.5. The standard InChI is InChI=1S/C17H12F5NO2/c18-16(19)25-14-8-6-13(7-9-14)23-15(24)10-3-11-1-4-12(5-2-11)17(20,21)22/h1-10,16H,(H,23,24)/b10-3+. The summed E-state index contributed by atoms with van der Waals surface area (Å²) in [5.41, 5.74) is -0.00674. The van der Waals surface area contributed by atoms with E-state index in [1.165, 1.54) is 42.5 Å². The minimum atomic E-state index is -4.42. The van der Waals surface area contributed by atoms with Crippen molar-refractivity contribution >= 4 is 17.7 Å². The third kappa shape index (κ3) is 5.91. The molecule has 1 N–H and O–H groups in total. The number of carbonyl (C=O) groups excluding carboxylic acids is 1. The smallest absolute Gasteiger partial charge is 0.416 e. The Labute approximate surface area is 139 Å². The van der Waals surface area contributed by atoms with Crippen molar-refractivity contribution in [3.63, 3.8) is 0 Å². The third-order valence-electron chi connectivity index (χ3n) is 3.01. The molecule has 0 aliphatic rings. The fraction of sp³-hybridized carbons (Fsp3) is 0.118. The van der Waals surface area contributed by atoms with E-state index in [2.05, 4.69) is 10.1 Å². The van der Waals surface area contributed by atoms with Crippen molar-refractivity contribution < 1.29 is 31.5 Å². The molecule has 0 bridgehead atoms. The van der Waals surface area contributed by atoms with Gasteiger partial charge >= 0.3 is 12.8 Å². The van der Waals surface area contributed by atoms with Crippen molar-refractivity contribution in [3.8, 4) is 5.75 Å². The molecule has 0 saturated heterocycles. The number of hydrogen-bond acceptors (Lipinski definition) is 2. The predicted molar refractivity (Wildman–Crippen MR) is 82.2 cm³/mol. The molecule has 0 heterocycles. The molecule has 25 heavy (non-hydrogen) atoms. The van der Waals surface area contributed by atoms with E-state index in [1.54, 1.807) is 0 Å². The van der Waals surface area contributed by atoms with Gasteiger partial charge < -0.3 is 10.1 Å². The van der Waals surface area contributed by atoms with E-state index in [4.69, 9.17) is 0 Å². The lowest BCUT2D eigenvalue weighted by molar-refractivity contribution is -0.137. The third-order valence-corrected chi connectivity index (χ3v) is 3.01. The van der Waals surface area contributed by atoms with Crippen LogP contribution < -0.4 is 10.1 Å². The van der Waals surface area contributed by atoms with Gasteiger partial charge in [0.2, 0.25) is 5.91 Å². The highest BCUT2D eigenvalue weighted by Crippen LogP contribution is 2.29. The van der Waals surface area contributed by atoms with Crippen LogP contribution >= 0.6 is 0 Å². The van der Waals surface area contributed by atoms with E-state index in [0.717, 1.165) is 18.2 Å². The molecule has 0 unspecified atom stereocenters. The van der Waals surface area contributed by atoms with Gasteiger partial charge in [-0.15, -0.1) is 0 Å². The van der Waals surface area contributed by atoms with Gasteiger partial charge in [0.1, 0.15) is 5.75 Å². The molecule has 8 heteroatoms. The zero-order valence-electron chi connectivity index (χ0n) is 12.6. The minimum Gasteiger partial charge on any atom is -0.435 e. The largest absolute Gasteiger partial charge is 0.435 e. The van der Waals surface area contributed by atoms with Gasteiger partial charge in [-0.3, -0.25) is 4.79 Å². The average Bonchev–Trinajstić information content (AvgIpc) is 2.54. The number of ether oxygens (including phenoxy) is 1. The fourth-order valence-corrected chi connectivity index (χ4v) is 1.86. The van der Waals surface area contributed by atoms with Crippen molar-refractivity contribution in [1.29, 1.82) is 0 Å². The van der Waals surface area contributed by atoms with Crippen LogP contribution in [-0.2, 0) is 11.0 Å². The molecule has 0 aliphatic carbocycles. The molecule has 0 aromatic heterocycles. The first kappa shape index (κ1) is 18.4. The van der Waals surface area contributed by atoms with Gasteiger partial charge in [0, 0.05) is 11.8 Å². The number of rotatable bonds is 5. The molecule has 2 rings (SSSR count). The second-order valence-electron chi connectivity index (χ2n) is 4.85. The Morgan fingerprint density at radius 1 is 1.00 bits per heavy atom. The molecular formula is C17H12F5NO2. The second-order valence-corrected chi connectivity index (χ2v) is 4.85. The topological polar surface area (TPSA) is 38.3 Å². The summed E-state index contributed by atoms with van der Waals surface area (Å²) in [5.74, 6) is -0.573. The fourth-order valence-electron chi connectivity index (χ4n) is 1.86. The molecule has 3 nitrogen and oxygen atoms in total. The summed E-state index contributed by atoms with van der Waals surface area (Å²) in [6, 6.07) is 9.59. The van der Waals surface area contributed by atoms with Gasteiger partial charge in [0.25, 0.3) is 0 Å². The Balaban J connectivity index is 1.94. The molecule has 1 amide bonds. The van der Waals surface area contributed by atoms with Crippen LogP contribution in [0, 0.1) is 0 Å². The Bertz CT molecular complexity index is 737. The molecule has 0 fully saturated rings. The SMILES string of the molecule is O=C(/C=C/c1ccc(C(F)(F)F)cc1)Nc1ccc(OC(F)F)cc1. The van der Waals surface area contributed by atoms with Crippen LogP contribution in [0.5, 0.6) is 5.75 Å². The number of carbonyl (C=O) groups is 1. The summed E-state index contributed by atoms with van der Waals surface area (Å²) in [5, 5.41) is 2.48. The van der Waals surface area contributed by atoms with Crippen molar-refractivity contribution in [3.05, 3.63) is 65.7 Å². The number of alkyl halides is 5. The Morgan fingerprint density at radius 3 is 2.12 bits per heavy atom. The van der Waals surface area contributed by atoms with Crippen molar-refractivity contribution in [1.82, 2.24) is 0 Å². The Morgan fingerprint density at radius 2 is 1.60 bits per heavy atom. The first-order valence-electron chi connectivity index (χ1n) is 6.95. The Kier molecular flexibility index (Phi) is 5.74. The van der Waals surface area contributed by atoms with Gasteiger partial charge in [-0.05, 0) is 48.0 Å². The number of benzene rings is 2. The van der Waals surface area contributed by atoms with E-state index in [1.807, 2.05) is 0 Å². The molecule has 2 aromatic carbocycles. The average molecular weight is 357 g/mol. The molecule has 0 radical (unpaired) electrons. The van der Waals surface area contributed by atoms with Gasteiger partial charge in [-0.1, -0.05) is 12.1 Å². The number of hydrogen-bond donors (Lipinski definition) is 1. The number of anilines is 1. The van der Waals surface area contributed by atoms with Gasteiger partial charge in [-0.2, -0.15) is 22.0 Å². The minimum absolute atomic E-state index is 0.0479. The van der Waals surface area contributed by atoms with Gasteiger partial charge in [-0.25, -0.2) is 0 Å². The maximum atomic E-state index is 12.4. The molecule has 0 saturated carbocycles. The highest BCUT2D eigenvalue weighted by atomic mass is 19.4. The van der Waals surface area contributed by atoms with Gasteiger partial charge in [0.15, 0.2) is 0 Å². The maximum absolute atomic E-state index is 12.4. The Hall–Kier alpha value is -2.90. The summed E-state index contributed by atoms with van der Waals surface area (Å²) >= 11 is 0. The maximum Gasteiger partial charge on any atom is 0.416 e. The molecule has 0 spiro atoms. The first-order valence-corrected chi connectivity index (χ1v) is 6.95. The quantitative estimate of drug-likeness (QED) is 0.607. The summed E-state index contributed by atoms with van der Waals surface area (Å²) in [6.07, 6.45) is -1.92. The molecule has 132 valence electrons. The van der Waals surface area contributed by atoms with E-state index < -0.39 is 24.3 Å². The van der Waals surface area contributed by atoms with E-state index in [-0.39, 0.29) is 5.75 Å². The number of halogens is 5. The van der Waals surface area contributed by atoms with E-state index in [0.29, 0.717) is 11.3 Å². The van der Waals surface area contributed by atoms with Crippen molar-refractivity contribution in [2.45, 2.75) is 12.8 Å². The van der Waals surface area contributed by atoms with Crippen molar-refractivity contribution in [2.75, 3.05) is 5.32 Å². The molecular weight excluding hydrogens is 345 g/mol. The van der Waals surface area contributed by atoms with Gasteiger partial charge in [0.05, 0.1) is 5.56 Å². The summed E-state index contributed by atoms with van der Waals surface area (Å²) in [7, 11) is 0. The van der Waals surface area contributed by atoms with Crippen LogP contribution in [0.1, 0.15) is 11.1 Å². The second kappa shape index (κ2) is 7.78. The lowest BCUT2D eigenvalue weighted by Crippen LogP contribution is -2.08. The van der Waals surface area contributed by atoms with Crippen LogP contribution in [0.25, 0.3) is 6.08 Å². The summed E-state index contributed by atoms with van der Waals surface area (Å²) in [6.45, 7) is -2.94. The molecule has 2 aromatic rings. The van der Waals surface area contributed by atoms with E-state index in [9.17, 15) is 26.7 Å². The summed E-state index contributed by atoms with van der Waals surface area (Å²) in [4.78, 5) is 11.7. The zero-order valence-corrected chi connectivity index (χ0v) is 12.6. The van der Waals surface area contributed by atoms with E-state index >= 15 is 0 Å². The van der Waals surface area contributed by atoms with Crippen LogP contribution in [0.15, 0.2) is 54.6 Å². The van der Waals surface area contributed by atoms with Crippen LogP contribution in [-0.4, -0.2) is 12.5 Å². The molecule has 0 aliphatic heterocycles. The highest BCUT2D eigenvalue weighted by molar-refractivity contribution is 6.01. The number of amides is 1. The lowest BCUT2D eigenvalue weighted by Gasteiger charge is -2.06. The first-order chi connectivity index (χ1) is 11.7. The molecule has 0 atom stereocenters. The highest BCUT2D eigenvalue weighted by Gasteiger charge is 2.29. The zero-order chi connectivity index (χ0) is 18.4. The van der Waals surface area contributed by atoms with Crippen LogP contribution in [0.3, 0.4) is 0 Å². The normalized spacial score (nSPS) is 11.8. The monoisotopic (exact) mass is 357 g/mol. The van der Waals surface area contributed by atoms with Crippen LogP contribution in [0.4, 0.5) is 27.6 Å². The number of nitrogens with one attached hydrogen (secondary N) is 1. The predicted octanol–water partition coefficient (Wildman–Crippen LogP) is 4.96. The lowest BCUT2D eigenvalue weighted by atomic mass is 10.1. The van der Waals surface area contributed by atoms with Crippen molar-refractivity contribution in [2.24, 2.45) is 0 Å². The van der Waals surface area contributed by atoms with Crippen LogP contribution in [0.2, 0.25) is 0 Å².